The van der Waals surface area contributed by atoms with Gasteiger partial charge in [-0.2, -0.15) is 0 Å². The number of aromatic nitrogens is 5. The number of nitrogens with zero attached hydrogens (tertiary/aromatic N) is 5. The molecule has 9 heteroatoms. The van der Waals surface area contributed by atoms with Crippen molar-refractivity contribution in [2.24, 2.45) is 0 Å². The number of aliphatic carboxylic acids is 1. The van der Waals surface area contributed by atoms with E-state index in [1.54, 1.807) is 16.8 Å². The van der Waals surface area contributed by atoms with E-state index in [9.17, 15) is 14.3 Å². The average Bonchev–Trinajstić information content (AvgIpc) is 3.04. The lowest BCUT2D eigenvalue weighted by Crippen LogP contribution is -2.33. The molecular weight excluding hydrogens is 357 g/mol. The molecule has 0 radical (unpaired) electrons. The number of carboxylic acids is 1. The van der Waals surface area contributed by atoms with Crippen LogP contribution in [-0.4, -0.2) is 36.2 Å². The molecule has 3 aromatic rings. The van der Waals surface area contributed by atoms with Crippen LogP contribution in [0.15, 0.2) is 35.6 Å². The molecule has 0 saturated carbocycles. The summed E-state index contributed by atoms with van der Waals surface area (Å²) in [5.41, 5.74) is 1.79. The monoisotopic (exact) mass is 374 g/mol. The summed E-state index contributed by atoms with van der Waals surface area (Å²) in [6.07, 6.45) is 3.55. The Morgan fingerprint density at radius 3 is 2.77 bits per heavy atom. The predicted molar refractivity (Wildman–Crippen MR) is 92.8 cm³/mol. The summed E-state index contributed by atoms with van der Waals surface area (Å²) in [5, 5.41) is 19.3. The molecule has 0 aliphatic heterocycles. The molecule has 0 fully saturated rings. The Bertz CT molecular complexity index is 900. The topological polar surface area (TPSA) is 96.6 Å². The second-order valence-corrected chi connectivity index (χ2v) is 6.98. The number of thioether (sulfide) groups is 1. The van der Waals surface area contributed by atoms with E-state index >= 15 is 0 Å². The standard InChI is InChI=1S/C17H18FN5O2S/c1-2-3-4-13(17(24)25)26-16-14-15(19-10-20-16)23(22-21-14)9-11-5-7-12(18)8-6-11/h5-8,10,13H,2-4,9H2,1H3,(H,24,25)/p-1/t13-/m1/s1. The molecule has 0 amide bonds. The summed E-state index contributed by atoms with van der Waals surface area (Å²) < 4.78 is 14.6. The Morgan fingerprint density at radius 2 is 2.08 bits per heavy atom. The SMILES string of the molecule is CCCC[C@@H](Sc1ncnc2c1nnn2Cc1ccc(F)cc1)C(=O)[O-]. The first-order chi connectivity index (χ1) is 12.6. The van der Waals surface area contributed by atoms with E-state index in [0.29, 0.717) is 29.2 Å². The van der Waals surface area contributed by atoms with Crippen LogP contribution in [0.5, 0.6) is 0 Å². The lowest BCUT2D eigenvalue weighted by atomic mass is 10.2. The highest BCUT2D eigenvalue weighted by molar-refractivity contribution is 8.00. The summed E-state index contributed by atoms with van der Waals surface area (Å²) in [4.78, 5) is 19.7. The van der Waals surface area contributed by atoms with Gasteiger partial charge in [0.05, 0.1) is 17.8 Å². The van der Waals surface area contributed by atoms with E-state index in [4.69, 9.17) is 0 Å². The molecule has 2 aromatic heterocycles. The number of unbranched alkanes of at least 4 members (excludes halogenated alkanes) is 1. The zero-order valence-electron chi connectivity index (χ0n) is 14.1. The Balaban J connectivity index is 1.85. The van der Waals surface area contributed by atoms with Crippen molar-refractivity contribution >= 4 is 28.9 Å². The van der Waals surface area contributed by atoms with E-state index in [0.717, 1.165) is 30.2 Å². The Kier molecular flexibility index (Phi) is 5.77. The number of carboxylic acid groups (broad SMARTS) is 1. The average molecular weight is 374 g/mol. The van der Waals surface area contributed by atoms with Gasteiger partial charge in [-0.1, -0.05) is 48.9 Å². The van der Waals surface area contributed by atoms with Crippen LogP contribution >= 0.6 is 11.8 Å². The van der Waals surface area contributed by atoms with Gasteiger partial charge < -0.3 is 9.90 Å². The van der Waals surface area contributed by atoms with Crippen LogP contribution in [0.3, 0.4) is 0 Å². The van der Waals surface area contributed by atoms with Crippen molar-refractivity contribution in [3.05, 3.63) is 42.0 Å². The number of hydrogen-bond donors (Lipinski definition) is 0. The summed E-state index contributed by atoms with van der Waals surface area (Å²) in [6, 6.07) is 6.08. The zero-order valence-corrected chi connectivity index (χ0v) is 14.9. The highest BCUT2D eigenvalue weighted by Crippen LogP contribution is 2.29. The van der Waals surface area contributed by atoms with Crippen molar-refractivity contribution in [3.63, 3.8) is 0 Å². The highest BCUT2D eigenvalue weighted by atomic mass is 32.2. The lowest BCUT2D eigenvalue weighted by Gasteiger charge is -2.16. The number of halogens is 1. The zero-order chi connectivity index (χ0) is 18.5. The van der Waals surface area contributed by atoms with E-state index in [2.05, 4.69) is 20.3 Å². The Morgan fingerprint density at radius 1 is 1.31 bits per heavy atom. The molecule has 0 unspecified atom stereocenters. The molecule has 1 aromatic carbocycles. The van der Waals surface area contributed by atoms with Gasteiger partial charge in [0.25, 0.3) is 0 Å². The largest absolute Gasteiger partial charge is 0.549 e. The van der Waals surface area contributed by atoms with Gasteiger partial charge in [-0.25, -0.2) is 19.0 Å². The summed E-state index contributed by atoms with van der Waals surface area (Å²) in [5.74, 6) is -1.42. The van der Waals surface area contributed by atoms with Gasteiger partial charge in [-0.3, -0.25) is 0 Å². The van der Waals surface area contributed by atoms with Gasteiger partial charge in [0, 0.05) is 0 Å². The van der Waals surface area contributed by atoms with Gasteiger partial charge >= 0.3 is 0 Å². The molecule has 26 heavy (non-hydrogen) atoms. The third-order valence-electron chi connectivity index (χ3n) is 3.85. The molecule has 7 nitrogen and oxygen atoms in total. The molecule has 0 aliphatic carbocycles. The quantitative estimate of drug-likeness (QED) is 0.438. The number of hydrogen-bond acceptors (Lipinski definition) is 7. The third-order valence-corrected chi connectivity index (χ3v) is 5.08. The van der Waals surface area contributed by atoms with Crippen LogP contribution in [0.2, 0.25) is 0 Å². The van der Waals surface area contributed by atoms with Crippen LogP contribution in [0.25, 0.3) is 11.2 Å². The van der Waals surface area contributed by atoms with Crippen molar-refractivity contribution in [1.29, 1.82) is 0 Å². The molecule has 0 N–H and O–H groups in total. The van der Waals surface area contributed by atoms with Crippen molar-refractivity contribution < 1.29 is 14.3 Å². The maximum atomic E-state index is 13.0. The van der Waals surface area contributed by atoms with Crippen LogP contribution in [0, 0.1) is 5.82 Å². The maximum Gasteiger partial charge on any atom is 0.183 e. The van der Waals surface area contributed by atoms with Crippen molar-refractivity contribution in [2.45, 2.75) is 43.0 Å². The summed E-state index contributed by atoms with van der Waals surface area (Å²) in [6.45, 7) is 2.37. The number of carbonyl (C=O) groups is 1. The minimum atomic E-state index is -1.12. The molecule has 3 rings (SSSR count). The molecule has 0 bridgehead atoms. The van der Waals surface area contributed by atoms with Gasteiger partial charge in [0.15, 0.2) is 11.2 Å². The van der Waals surface area contributed by atoms with Crippen molar-refractivity contribution in [2.75, 3.05) is 0 Å². The third kappa shape index (κ3) is 4.16. The molecular formula is C17H17FN5O2S-. The summed E-state index contributed by atoms with van der Waals surface area (Å²) in [7, 11) is 0. The van der Waals surface area contributed by atoms with Gasteiger partial charge in [0.1, 0.15) is 17.2 Å². The fourth-order valence-corrected chi connectivity index (χ4v) is 3.48. The first-order valence-electron chi connectivity index (χ1n) is 8.24. The van der Waals surface area contributed by atoms with Crippen molar-refractivity contribution in [1.82, 2.24) is 25.0 Å². The minimum Gasteiger partial charge on any atom is -0.549 e. The fourth-order valence-electron chi connectivity index (χ4n) is 2.48. The Hall–Kier alpha value is -2.55. The second-order valence-electron chi connectivity index (χ2n) is 5.79. The number of benzene rings is 1. The first kappa shape index (κ1) is 18.2. The van der Waals surface area contributed by atoms with Crippen LogP contribution in [0.1, 0.15) is 31.7 Å². The lowest BCUT2D eigenvalue weighted by molar-refractivity contribution is -0.304. The van der Waals surface area contributed by atoms with E-state index in [1.807, 2.05) is 6.92 Å². The number of fused-ring (bicyclic) bond motifs is 1. The first-order valence-corrected chi connectivity index (χ1v) is 9.12. The molecule has 0 saturated heterocycles. The smallest absolute Gasteiger partial charge is 0.183 e. The molecule has 1 atom stereocenters. The van der Waals surface area contributed by atoms with Gasteiger partial charge in [-0.15, -0.1) is 5.10 Å². The van der Waals surface area contributed by atoms with E-state index in [1.165, 1.54) is 18.5 Å². The highest BCUT2D eigenvalue weighted by Gasteiger charge is 2.18. The predicted octanol–water partition coefficient (Wildman–Crippen LogP) is 1.81. The van der Waals surface area contributed by atoms with Gasteiger partial charge in [0.2, 0.25) is 0 Å². The van der Waals surface area contributed by atoms with Crippen LogP contribution in [0.4, 0.5) is 4.39 Å². The van der Waals surface area contributed by atoms with Crippen LogP contribution < -0.4 is 5.11 Å². The molecule has 0 aliphatic rings. The van der Waals surface area contributed by atoms with Crippen molar-refractivity contribution in [3.8, 4) is 0 Å². The molecule has 136 valence electrons. The number of carbonyl (C=O) groups excluding carboxylic acids is 1. The fraction of sp³-hybridized carbons (Fsp3) is 0.353. The normalized spacial score (nSPS) is 12.4. The van der Waals surface area contributed by atoms with E-state index in [-0.39, 0.29) is 5.82 Å². The van der Waals surface area contributed by atoms with Crippen LogP contribution in [-0.2, 0) is 11.3 Å². The summed E-state index contributed by atoms with van der Waals surface area (Å²) >= 11 is 1.11. The molecule has 2 heterocycles. The minimum absolute atomic E-state index is 0.307. The number of rotatable bonds is 8. The van der Waals surface area contributed by atoms with E-state index < -0.39 is 11.2 Å². The second kappa shape index (κ2) is 8.22. The molecule has 0 spiro atoms. The van der Waals surface area contributed by atoms with Gasteiger partial charge in [-0.05, 0) is 24.1 Å². The maximum absolute atomic E-state index is 13.0. The Labute approximate surface area is 153 Å².